The Morgan fingerprint density at radius 3 is 2.60 bits per heavy atom. The molecule has 0 fully saturated rings. The van der Waals surface area contributed by atoms with Gasteiger partial charge in [0.25, 0.3) is 0 Å². The second kappa shape index (κ2) is 9.55. The van der Waals surface area contributed by atoms with Crippen LogP contribution >= 0.6 is 11.3 Å². The maximum atomic E-state index is 12.8. The summed E-state index contributed by atoms with van der Waals surface area (Å²) < 4.78 is 0. The maximum absolute atomic E-state index is 12.8. The zero-order valence-corrected chi connectivity index (χ0v) is 21.5. The van der Waals surface area contributed by atoms with E-state index in [2.05, 4.69) is 66.3 Å². The molecule has 2 amide bonds. The van der Waals surface area contributed by atoms with Crippen molar-refractivity contribution in [2.24, 2.45) is 5.41 Å². The summed E-state index contributed by atoms with van der Waals surface area (Å²) in [6.45, 7) is 9.06. The second-order valence-electron chi connectivity index (χ2n) is 10.7. The number of nitrogens with zero attached hydrogens (tertiary/aromatic N) is 3. The fourth-order valence-electron chi connectivity index (χ4n) is 4.88. The molecule has 0 atom stereocenters. The molecule has 0 bridgehead atoms. The smallest absolute Gasteiger partial charge is 0.240 e. The predicted molar refractivity (Wildman–Crippen MR) is 142 cm³/mol. The van der Waals surface area contributed by atoms with E-state index in [0.717, 1.165) is 49.4 Å². The molecule has 0 unspecified atom stereocenters. The topological polar surface area (TPSA) is 65.5 Å². The molecule has 5 rings (SSSR count). The zero-order valence-electron chi connectivity index (χ0n) is 20.6. The minimum absolute atomic E-state index is 0.0281. The number of fused-ring (bicyclic) bond motifs is 2. The van der Waals surface area contributed by atoms with Crippen LogP contribution < -0.4 is 10.2 Å². The summed E-state index contributed by atoms with van der Waals surface area (Å²) >= 11 is 1.44. The van der Waals surface area contributed by atoms with E-state index in [-0.39, 0.29) is 17.2 Å². The number of anilines is 2. The third-order valence-electron chi connectivity index (χ3n) is 6.58. The highest BCUT2D eigenvalue weighted by molar-refractivity contribution is 7.14. The van der Waals surface area contributed by atoms with Gasteiger partial charge in [0, 0.05) is 42.7 Å². The van der Waals surface area contributed by atoms with Gasteiger partial charge in [-0.3, -0.25) is 14.5 Å². The van der Waals surface area contributed by atoms with Gasteiger partial charge in [-0.05, 0) is 47.1 Å². The Labute approximate surface area is 211 Å². The number of aromatic nitrogens is 1. The minimum Gasteiger partial charge on any atom is -0.312 e. The number of amides is 2. The number of rotatable bonds is 5. The van der Waals surface area contributed by atoms with E-state index in [4.69, 9.17) is 0 Å². The number of nitrogens with one attached hydrogen (secondary N) is 1. The molecule has 6 nitrogen and oxygen atoms in total. The summed E-state index contributed by atoms with van der Waals surface area (Å²) in [6, 6.07) is 14.6. The first-order chi connectivity index (χ1) is 16.7. The monoisotopic (exact) mass is 488 g/mol. The van der Waals surface area contributed by atoms with Crippen molar-refractivity contribution in [3.63, 3.8) is 0 Å². The molecule has 0 radical (unpaired) electrons. The van der Waals surface area contributed by atoms with Crippen LogP contribution in [0, 0.1) is 5.41 Å². The van der Waals surface area contributed by atoms with E-state index in [1.807, 2.05) is 22.4 Å². The average Bonchev–Trinajstić information content (AvgIpc) is 3.44. The van der Waals surface area contributed by atoms with Crippen molar-refractivity contribution in [1.29, 1.82) is 0 Å². The highest BCUT2D eigenvalue weighted by atomic mass is 32.1. The number of carbonyl (C=O) groups excluding carboxylic acids is 2. The van der Waals surface area contributed by atoms with E-state index in [0.29, 0.717) is 18.1 Å². The number of benzene rings is 2. The Morgan fingerprint density at radius 1 is 1.03 bits per heavy atom. The third-order valence-corrected chi connectivity index (χ3v) is 7.34. The van der Waals surface area contributed by atoms with Gasteiger partial charge >= 0.3 is 0 Å². The van der Waals surface area contributed by atoms with Crippen molar-refractivity contribution in [2.45, 2.75) is 46.6 Å². The molecule has 7 heteroatoms. The summed E-state index contributed by atoms with van der Waals surface area (Å²) in [7, 11) is 0. The van der Waals surface area contributed by atoms with Crippen LogP contribution in [-0.4, -0.2) is 41.3 Å². The predicted octanol–water partition coefficient (Wildman–Crippen LogP) is 5.13. The van der Waals surface area contributed by atoms with Crippen molar-refractivity contribution in [3.8, 4) is 11.3 Å². The molecule has 0 saturated heterocycles. The molecule has 182 valence electrons. The third kappa shape index (κ3) is 5.46. The summed E-state index contributed by atoms with van der Waals surface area (Å²) in [5.41, 5.74) is 6.70. The second-order valence-corrected chi connectivity index (χ2v) is 11.5. The van der Waals surface area contributed by atoms with Crippen LogP contribution in [0.15, 0.2) is 47.8 Å². The lowest BCUT2D eigenvalue weighted by Crippen LogP contribution is -2.37. The van der Waals surface area contributed by atoms with Gasteiger partial charge in [0.2, 0.25) is 11.8 Å². The Kier molecular flexibility index (Phi) is 6.47. The highest BCUT2D eigenvalue weighted by Crippen LogP contribution is 2.35. The van der Waals surface area contributed by atoms with Crippen molar-refractivity contribution in [2.75, 3.05) is 29.9 Å². The summed E-state index contributed by atoms with van der Waals surface area (Å²) in [4.78, 5) is 34.2. The molecule has 0 saturated carbocycles. The van der Waals surface area contributed by atoms with Crippen LogP contribution in [0.3, 0.4) is 0 Å². The fraction of sp³-hybridized carbons (Fsp3) is 0.393. The van der Waals surface area contributed by atoms with Gasteiger partial charge in [-0.15, -0.1) is 11.3 Å². The van der Waals surface area contributed by atoms with Crippen LogP contribution in [0.1, 0.15) is 43.9 Å². The lowest BCUT2D eigenvalue weighted by molar-refractivity contribution is -0.120. The molecule has 2 aromatic carbocycles. The molecule has 2 aliphatic heterocycles. The zero-order chi connectivity index (χ0) is 24.6. The van der Waals surface area contributed by atoms with Gasteiger partial charge in [-0.2, -0.15) is 0 Å². The van der Waals surface area contributed by atoms with E-state index < -0.39 is 0 Å². The number of hydrogen-bond acceptors (Lipinski definition) is 5. The number of thiazole rings is 1. The van der Waals surface area contributed by atoms with Crippen molar-refractivity contribution in [3.05, 3.63) is 64.5 Å². The summed E-state index contributed by atoms with van der Waals surface area (Å²) in [5, 5.41) is 5.57. The average molecular weight is 489 g/mol. The maximum Gasteiger partial charge on any atom is 0.240 e. The molecule has 1 N–H and O–H groups in total. The normalized spacial score (nSPS) is 15.6. The SMILES string of the molecule is CC(C)(C)CC(=O)N1CCc2cc(-c3csc(NC(=O)CN4CCc5ccccc5C4)n3)ccc21. The first kappa shape index (κ1) is 23.7. The van der Waals surface area contributed by atoms with Crippen LogP contribution in [0.5, 0.6) is 0 Å². The fourth-order valence-corrected chi connectivity index (χ4v) is 5.62. The Balaban J connectivity index is 1.21. The van der Waals surface area contributed by atoms with Gasteiger partial charge in [0.05, 0.1) is 12.2 Å². The number of hydrogen-bond donors (Lipinski definition) is 1. The summed E-state index contributed by atoms with van der Waals surface area (Å²) in [5.74, 6) is 0.145. The Hall–Kier alpha value is -3.03. The molecule has 3 heterocycles. The molecule has 1 aromatic heterocycles. The first-order valence-electron chi connectivity index (χ1n) is 12.2. The van der Waals surface area contributed by atoms with Crippen molar-refractivity contribution < 1.29 is 9.59 Å². The van der Waals surface area contributed by atoms with Crippen molar-refractivity contribution in [1.82, 2.24) is 9.88 Å². The molecule has 0 spiro atoms. The van der Waals surface area contributed by atoms with E-state index in [1.54, 1.807) is 0 Å². The van der Waals surface area contributed by atoms with Crippen LogP contribution in [0.2, 0.25) is 0 Å². The molecule has 2 aliphatic rings. The Bertz CT molecular complexity index is 1260. The molecule has 0 aliphatic carbocycles. The van der Waals surface area contributed by atoms with Crippen LogP contribution in [0.4, 0.5) is 10.8 Å². The quantitative estimate of drug-likeness (QED) is 0.541. The van der Waals surface area contributed by atoms with E-state index in [9.17, 15) is 9.59 Å². The summed E-state index contributed by atoms with van der Waals surface area (Å²) in [6.07, 6.45) is 2.36. The molecular weight excluding hydrogens is 456 g/mol. The minimum atomic E-state index is -0.0350. The lowest BCUT2D eigenvalue weighted by atomic mass is 9.91. The van der Waals surface area contributed by atoms with Gasteiger partial charge in [0.1, 0.15) is 0 Å². The van der Waals surface area contributed by atoms with Crippen molar-refractivity contribution >= 4 is 34.0 Å². The van der Waals surface area contributed by atoms with E-state index in [1.165, 1.54) is 28.0 Å². The standard InChI is InChI=1S/C28H32N4O2S/c1-28(2,3)15-26(34)32-13-11-21-14-20(8-9-24(21)32)23-18-35-27(29-23)30-25(33)17-31-12-10-19-6-4-5-7-22(19)16-31/h4-9,14,18H,10-13,15-17H2,1-3H3,(H,29,30,33). The molecular formula is C28H32N4O2S. The number of carbonyl (C=O) groups is 2. The Morgan fingerprint density at radius 2 is 1.80 bits per heavy atom. The van der Waals surface area contributed by atoms with Crippen LogP contribution in [0.25, 0.3) is 11.3 Å². The van der Waals surface area contributed by atoms with E-state index >= 15 is 0 Å². The van der Waals surface area contributed by atoms with Gasteiger partial charge < -0.3 is 10.2 Å². The molecule has 35 heavy (non-hydrogen) atoms. The van der Waals surface area contributed by atoms with Gasteiger partial charge in [-0.25, -0.2) is 4.98 Å². The lowest BCUT2D eigenvalue weighted by Gasteiger charge is -2.27. The van der Waals surface area contributed by atoms with Gasteiger partial charge in [0.15, 0.2) is 5.13 Å². The van der Waals surface area contributed by atoms with Gasteiger partial charge in [-0.1, -0.05) is 51.1 Å². The van der Waals surface area contributed by atoms with Crippen LogP contribution in [-0.2, 0) is 29.0 Å². The first-order valence-corrected chi connectivity index (χ1v) is 13.1. The highest BCUT2D eigenvalue weighted by Gasteiger charge is 2.28. The largest absolute Gasteiger partial charge is 0.312 e. The molecule has 3 aromatic rings.